The van der Waals surface area contributed by atoms with Crippen LogP contribution in [0.4, 0.5) is 5.82 Å². The Balaban J connectivity index is 2.39. The molecule has 0 amide bonds. The minimum atomic E-state index is 0.401. The molecule has 0 bridgehead atoms. The number of nitrogens with zero attached hydrogens (tertiary/aromatic N) is 2. The summed E-state index contributed by atoms with van der Waals surface area (Å²) in [6.45, 7) is 6.09. The maximum atomic E-state index is 5.77. The third kappa shape index (κ3) is 2.36. The molecule has 0 aliphatic carbocycles. The van der Waals surface area contributed by atoms with E-state index in [0.717, 1.165) is 16.9 Å². The van der Waals surface area contributed by atoms with Crippen LogP contribution in [0.5, 0.6) is 11.6 Å². The average molecular weight is 229 g/mol. The zero-order valence-electron chi connectivity index (χ0n) is 10.2. The highest BCUT2D eigenvalue weighted by Crippen LogP contribution is 2.29. The molecule has 88 valence electrons. The molecule has 2 aromatic rings. The highest BCUT2D eigenvalue weighted by atomic mass is 16.5. The molecule has 0 atom stereocenters. The maximum Gasteiger partial charge on any atom is 0.224 e. The number of aryl methyl sites for hydroxylation is 2. The van der Waals surface area contributed by atoms with Crippen molar-refractivity contribution >= 4 is 5.82 Å². The van der Waals surface area contributed by atoms with Gasteiger partial charge in [0.25, 0.3) is 0 Å². The number of aromatic nitrogens is 2. The lowest BCUT2D eigenvalue weighted by Gasteiger charge is -2.12. The smallest absolute Gasteiger partial charge is 0.224 e. The minimum Gasteiger partial charge on any atom is -0.438 e. The first-order chi connectivity index (χ1) is 8.08. The highest BCUT2D eigenvalue weighted by molar-refractivity contribution is 5.46. The first kappa shape index (κ1) is 11.4. The van der Waals surface area contributed by atoms with Gasteiger partial charge in [-0.2, -0.15) is 0 Å². The van der Waals surface area contributed by atoms with E-state index >= 15 is 0 Å². The third-order valence-corrected chi connectivity index (χ3v) is 2.74. The second-order valence-electron chi connectivity index (χ2n) is 4.04. The number of anilines is 1. The summed E-state index contributed by atoms with van der Waals surface area (Å²) in [5, 5.41) is 0. The van der Waals surface area contributed by atoms with Crippen LogP contribution in [0.1, 0.15) is 16.7 Å². The van der Waals surface area contributed by atoms with Crippen LogP contribution in [0, 0.1) is 20.8 Å². The predicted octanol–water partition coefficient (Wildman–Crippen LogP) is 2.78. The summed E-state index contributed by atoms with van der Waals surface area (Å²) in [6, 6.07) is 5.72. The van der Waals surface area contributed by atoms with Gasteiger partial charge in [-0.15, -0.1) is 0 Å². The molecule has 0 radical (unpaired) electrons. The van der Waals surface area contributed by atoms with E-state index < -0.39 is 0 Å². The van der Waals surface area contributed by atoms with Gasteiger partial charge in [0.05, 0.1) is 0 Å². The molecule has 2 rings (SSSR count). The van der Waals surface area contributed by atoms with E-state index in [1.54, 1.807) is 6.07 Å². The quantitative estimate of drug-likeness (QED) is 0.860. The molecule has 17 heavy (non-hydrogen) atoms. The lowest BCUT2D eigenvalue weighted by Crippen LogP contribution is -1.97. The van der Waals surface area contributed by atoms with Gasteiger partial charge in [-0.1, -0.05) is 12.1 Å². The highest BCUT2D eigenvalue weighted by Gasteiger charge is 2.08. The monoisotopic (exact) mass is 229 g/mol. The lowest BCUT2D eigenvalue weighted by atomic mass is 10.1. The number of ether oxygens (including phenoxy) is 1. The molecule has 0 saturated heterocycles. The number of rotatable bonds is 2. The Bertz CT molecular complexity index is 552. The fourth-order valence-electron chi connectivity index (χ4n) is 1.60. The van der Waals surface area contributed by atoms with Gasteiger partial charge < -0.3 is 10.5 Å². The first-order valence-electron chi connectivity index (χ1n) is 5.40. The molecule has 0 saturated carbocycles. The standard InChI is InChI=1S/C13H15N3O/c1-8-4-5-9(2)13(10(8)3)17-12-6-11(14)15-7-16-12/h4-7H,1-3H3,(H2,14,15,16). The summed E-state index contributed by atoms with van der Waals surface area (Å²) >= 11 is 0. The van der Waals surface area contributed by atoms with Crippen molar-refractivity contribution in [3.8, 4) is 11.6 Å². The van der Waals surface area contributed by atoms with Crippen LogP contribution < -0.4 is 10.5 Å². The third-order valence-electron chi connectivity index (χ3n) is 2.74. The fraction of sp³-hybridized carbons (Fsp3) is 0.231. The molecule has 4 heteroatoms. The normalized spacial score (nSPS) is 10.3. The van der Waals surface area contributed by atoms with Crippen molar-refractivity contribution in [3.05, 3.63) is 41.2 Å². The molecule has 0 spiro atoms. The second kappa shape index (κ2) is 4.41. The van der Waals surface area contributed by atoms with Gasteiger partial charge in [-0.05, 0) is 37.5 Å². The van der Waals surface area contributed by atoms with Crippen LogP contribution in [0.3, 0.4) is 0 Å². The number of hydrogen-bond donors (Lipinski definition) is 1. The Hall–Kier alpha value is -2.10. The molecular weight excluding hydrogens is 214 g/mol. The molecule has 4 nitrogen and oxygen atoms in total. The predicted molar refractivity (Wildman–Crippen MR) is 67.2 cm³/mol. The van der Waals surface area contributed by atoms with Gasteiger partial charge in [0.15, 0.2) is 0 Å². The van der Waals surface area contributed by atoms with Gasteiger partial charge in [-0.25, -0.2) is 9.97 Å². The summed E-state index contributed by atoms with van der Waals surface area (Å²) in [4.78, 5) is 7.86. The van der Waals surface area contributed by atoms with E-state index in [1.807, 2.05) is 19.9 Å². The largest absolute Gasteiger partial charge is 0.438 e. The summed E-state index contributed by atoms with van der Waals surface area (Å²) in [5.41, 5.74) is 8.96. The molecule has 2 N–H and O–H groups in total. The summed E-state index contributed by atoms with van der Waals surface area (Å²) in [5.74, 6) is 1.70. The summed E-state index contributed by atoms with van der Waals surface area (Å²) in [7, 11) is 0. The molecule has 0 aliphatic rings. The molecule has 1 aromatic carbocycles. The van der Waals surface area contributed by atoms with E-state index in [1.165, 1.54) is 11.9 Å². The minimum absolute atomic E-state index is 0.401. The van der Waals surface area contributed by atoms with Crippen LogP contribution in [0.15, 0.2) is 24.5 Å². The molecule has 1 aromatic heterocycles. The average Bonchev–Trinajstić information content (AvgIpc) is 2.30. The number of benzene rings is 1. The number of nitrogen functional groups attached to an aromatic ring is 1. The Morgan fingerprint density at radius 1 is 1.06 bits per heavy atom. The second-order valence-corrected chi connectivity index (χ2v) is 4.04. The Kier molecular flexibility index (Phi) is 2.95. The van der Waals surface area contributed by atoms with Crippen molar-refractivity contribution in [1.82, 2.24) is 9.97 Å². The van der Waals surface area contributed by atoms with Crippen LogP contribution in [-0.2, 0) is 0 Å². The SMILES string of the molecule is Cc1ccc(C)c(Oc2cc(N)ncn2)c1C. The van der Waals surface area contributed by atoms with Crippen LogP contribution >= 0.6 is 0 Å². The van der Waals surface area contributed by atoms with Crippen LogP contribution in [0.2, 0.25) is 0 Å². The van der Waals surface area contributed by atoms with Gasteiger partial charge in [0, 0.05) is 6.07 Å². The van der Waals surface area contributed by atoms with E-state index in [-0.39, 0.29) is 0 Å². The molecule has 1 heterocycles. The number of hydrogen-bond acceptors (Lipinski definition) is 4. The molecule has 0 fully saturated rings. The topological polar surface area (TPSA) is 61.0 Å². The fourth-order valence-corrected chi connectivity index (χ4v) is 1.60. The number of nitrogens with two attached hydrogens (primary N) is 1. The van der Waals surface area contributed by atoms with E-state index in [4.69, 9.17) is 10.5 Å². The van der Waals surface area contributed by atoms with Gasteiger partial charge in [0.2, 0.25) is 5.88 Å². The van der Waals surface area contributed by atoms with Gasteiger partial charge in [-0.3, -0.25) is 0 Å². The van der Waals surface area contributed by atoms with Crippen molar-refractivity contribution in [2.24, 2.45) is 0 Å². The van der Waals surface area contributed by atoms with Gasteiger partial charge >= 0.3 is 0 Å². The van der Waals surface area contributed by atoms with Crippen molar-refractivity contribution < 1.29 is 4.74 Å². The van der Waals surface area contributed by atoms with Crippen molar-refractivity contribution in [2.75, 3.05) is 5.73 Å². The molecule has 0 unspecified atom stereocenters. The lowest BCUT2D eigenvalue weighted by molar-refractivity contribution is 0.454. The van der Waals surface area contributed by atoms with E-state index in [0.29, 0.717) is 11.7 Å². The van der Waals surface area contributed by atoms with Gasteiger partial charge in [0.1, 0.15) is 17.9 Å². The summed E-state index contributed by atoms with van der Waals surface area (Å²) in [6.07, 6.45) is 1.39. The molecule has 0 aliphatic heterocycles. The maximum absolute atomic E-state index is 5.77. The Labute approximate surface area is 100 Å². The Morgan fingerprint density at radius 2 is 1.76 bits per heavy atom. The molecular formula is C13H15N3O. The van der Waals surface area contributed by atoms with Crippen molar-refractivity contribution in [3.63, 3.8) is 0 Å². The zero-order chi connectivity index (χ0) is 12.4. The van der Waals surface area contributed by atoms with Crippen LogP contribution in [0.25, 0.3) is 0 Å². The first-order valence-corrected chi connectivity index (χ1v) is 5.40. The van der Waals surface area contributed by atoms with Crippen molar-refractivity contribution in [1.29, 1.82) is 0 Å². The van der Waals surface area contributed by atoms with E-state index in [9.17, 15) is 0 Å². The Morgan fingerprint density at radius 3 is 2.47 bits per heavy atom. The van der Waals surface area contributed by atoms with E-state index in [2.05, 4.69) is 23.0 Å². The summed E-state index contributed by atoms with van der Waals surface area (Å²) < 4.78 is 5.77. The van der Waals surface area contributed by atoms with Crippen molar-refractivity contribution in [2.45, 2.75) is 20.8 Å². The zero-order valence-corrected chi connectivity index (χ0v) is 10.2. The van der Waals surface area contributed by atoms with Crippen LogP contribution in [-0.4, -0.2) is 9.97 Å².